The molecule has 1 aromatic heterocycles. The minimum absolute atomic E-state index is 0.877. The van der Waals surface area contributed by atoms with E-state index in [-0.39, 0.29) is 0 Å². The number of ether oxygens (including phenoxy) is 1. The number of fused-ring (bicyclic) bond motifs is 1. The van der Waals surface area contributed by atoms with Crippen LogP contribution in [-0.2, 0) is 0 Å². The molecule has 0 fully saturated rings. The van der Waals surface area contributed by atoms with Gasteiger partial charge in [0.25, 0.3) is 0 Å². The number of hydrogen-bond donors (Lipinski definition) is 1. The molecule has 14 heavy (non-hydrogen) atoms. The monoisotopic (exact) mass is 242 g/mol. The molecule has 0 amide bonds. The number of thioether (sulfide) groups is 1. The lowest BCUT2D eigenvalue weighted by molar-refractivity contribution is 0.410. The van der Waals surface area contributed by atoms with Gasteiger partial charge in [-0.05, 0) is 23.8 Å². The molecule has 0 radical (unpaired) electrons. The lowest BCUT2D eigenvalue weighted by Crippen LogP contribution is -1.86. The molecule has 2 rings (SSSR count). The van der Waals surface area contributed by atoms with Crippen molar-refractivity contribution in [2.75, 3.05) is 13.4 Å². The first-order chi connectivity index (χ1) is 6.77. The van der Waals surface area contributed by atoms with Crippen LogP contribution >= 0.6 is 35.7 Å². The zero-order valence-corrected chi connectivity index (χ0v) is 10.4. The molecule has 74 valence electrons. The van der Waals surface area contributed by atoms with Crippen LogP contribution in [0.3, 0.4) is 0 Å². The average Bonchev–Trinajstić information content (AvgIpc) is 2.65. The van der Waals surface area contributed by atoms with Crippen molar-refractivity contribution in [2.45, 2.75) is 9.79 Å². The normalized spacial score (nSPS) is 10.8. The Morgan fingerprint density at radius 3 is 2.93 bits per heavy atom. The molecule has 0 aliphatic rings. The van der Waals surface area contributed by atoms with Crippen LogP contribution in [-0.4, -0.2) is 13.4 Å². The predicted molar refractivity (Wildman–Crippen MR) is 67.4 cm³/mol. The van der Waals surface area contributed by atoms with Crippen LogP contribution in [0, 0.1) is 0 Å². The molecule has 0 aliphatic carbocycles. The number of rotatable bonds is 2. The van der Waals surface area contributed by atoms with Gasteiger partial charge in [-0.25, -0.2) is 0 Å². The molecule has 0 saturated carbocycles. The standard InChI is InChI=1S/C10H10OS3/c1-11-9-6-3-4-14-10(6)8(13-2)5-7(9)12/h3-5,12H,1-2H3. The number of benzene rings is 1. The van der Waals surface area contributed by atoms with Crippen LogP contribution in [0.2, 0.25) is 0 Å². The van der Waals surface area contributed by atoms with Gasteiger partial charge in [-0.3, -0.25) is 0 Å². The van der Waals surface area contributed by atoms with E-state index in [1.807, 2.05) is 0 Å². The highest BCUT2D eigenvalue weighted by Gasteiger charge is 2.10. The summed E-state index contributed by atoms with van der Waals surface area (Å²) in [5, 5.41) is 3.24. The highest BCUT2D eigenvalue weighted by Crippen LogP contribution is 2.40. The summed E-state index contributed by atoms with van der Waals surface area (Å²) >= 11 is 7.90. The van der Waals surface area contributed by atoms with Crippen molar-refractivity contribution in [2.24, 2.45) is 0 Å². The average molecular weight is 242 g/mol. The zero-order valence-electron chi connectivity index (χ0n) is 7.90. The van der Waals surface area contributed by atoms with E-state index in [4.69, 9.17) is 4.74 Å². The molecule has 0 saturated heterocycles. The fourth-order valence-corrected chi connectivity index (χ4v) is 3.59. The van der Waals surface area contributed by atoms with Crippen LogP contribution in [0.25, 0.3) is 10.1 Å². The number of methoxy groups -OCH3 is 1. The molecule has 0 spiro atoms. The molecule has 0 N–H and O–H groups in total. The minimum Gasteiger partial charge on any atom is -0.495 e. The Kier molecular flexibility index (Phi) is 2.95. The largest absolute Gasteiger partial charge is 0.495 e. The van der Waals surface area contributed by atoms with Gasteiger partial charge in [0.05, 0.1) is 11.8 Å². The molecule has 1 nitrogen and oxygen atoms in total. The maximum Gasteiger partial charge on any atom is 0.140 e. The number of thiol groups is 1. The Labute approximate surface area is 96.9 Å². The maximum atomic E-state index is 5.34. The van der Waals surface area contributed by atoms with Gasteiger partial charge in [0.1, 0.15) is 5.75 Å². The van der Waals surface area contributed by atoms with Gasteiger partial charge in [0, 0.05) is 15.2 Å². The highest BCUT2D eigenvalue weighted by molar-refractivity contribution is 7.99. The van der Waals surface area contributed by atoms with Crippen molar-refractivity contribution < 1.29 is 4.74 Å². The van der Waals surface area contributed by atoms with E-state index in [9.17, 15) is 0 Å². The number of hydrogen-bond acceptors (Lipinski definition) is 4. The van der Waals surface area contributed by atoms with Crippen LogP contribution < -0.4 is 4.74 Å². The van der Waals surface area contributed by atoms with Crippen molar-refractivity contribution in [1.29, 1.82) is 0 Å². The van der Waals surface area contributed by atoms with Gasteiger partial charge in [-0.1, -0.05) is 0 Å². The second-order valence-corrected chi connectivity index (χ2v) is 5.04. The summed E-state index contributed by atoms with van der Waals surface area (Å²) < 4.78 is 6.62. The molecular weight excluding hydrogens is 232 g/mol. The summed E-state index contributed by atoms with van der Waals surface area (Å²) in [6.07, 6.45) is 2.08. The fourth-order valence-electron chi connectivity index (χ4n) is 1.44. The van der Waals surface area contributed by atoms with Crippen molar-refractivity contribution in [1.82, 2.24) is 0 Å². The quantitative estimate of drug-likeness (QED) is 0.631. The lowest BCUT2D eigenvalue weighted by atomic mass is 10.2. The van der Waals surface area contributed by atoms with Gasteiger partial charge < -0.3 is 4.74 Å². The van der Waals surface area contributed by atoms with E-state index < -0.39 is 0 Å². The summed E-state index contributed by atoms with van der Waals surface area (Å²) in [5.41, 5.74) is 0. The first-order valence-corrected chi connectivity index (χ1v) is 6.64. The highest BCUT2D eigenvalue weighted by atomic mass is 32.2. The Morgan fingerprint density at radius 1 is 1.50 bits per heavy atom. The van der Waals surface area contributed by atoms with Crippen molar-refractivity contribution in [3.63, 3.8) is 0 Å². The fraction of sp³-hybridized carbons (Fsp3) is 0.200. The Morgan fingerprint density at radius 2 is 2.29 bits per heavy atom. The SMILES string of the molecule is COc1c(S)cc(SC)c2sccc12. The third kappa shape index (κ3) is 1.51. The van der Waals surface area contributed by atoms with E-state index >= 15 is 0 Å². The maximum absolute atomic E-state index is 5.34. The van der Waals surface area contributed by atoms with Crippen LogP contribution in [0.5, 0.6) is 5.75 Å². The molecule has 0 aliphatic heterocycles. The van der Waals surface area contributed by atoms with E-state index in [0.29, 0.717) is 0 Å². The van der Waals surface area contributed by atoms with Gasteiger partial charge in [0.15, 0.2) is 0 Å². The predicted octanol–water partition coefficient (Wildman–Crippen LogP) is 3.92. The van der Waals surface area contributed by atoms with Crippen molar-refractivity contribution in [3.05, 3.63) is 17.5 Å². The topological polar surface area (TPSA) is 9.23 Å². The Hall–Kier alpha value is -0.320. The smallest absolute Gasteiger partial charge is 0.140 e. The van der Waals surface area contributed by atoms with E-state index in [0.717, 1.165) is 16.0 Å². The second kappa shape index (κ2) is 4.04. The molecule has 4 heteroatoms. The summed E-state index contributed by atoms with van der Waals surface area (Å²) in [6.45, 7) is 0. The lowest BCUT2D eigenvalue weighted by Gasteiger charge is -2.08. The van der Waals surface area contributed by atoms with Gasteiger partial charge >= 0.3 is 0 Å². The summed E-state index contributed by atoms with van der Waals surface area (Å²) in [6, 6.07) is 4.14. The molecule has 0 unspecified atom stereocenters. The molecular formula is C10H10OS3. The van der Waals surface area contributed by atoms with Gasteiger partial charge in [-0.2, -0.15) is 0 Å². The Balaban J connectivity index is 2.81. The molecule has 2 aromatic rings. The Bertz CT molecular complexity index is 462. The third-order valence-corrected chi connectivity index (χ3v) is 4.23. The number of thiophene rings is 1. The van der Waals surface area contributed by atoms with Gasteiger partial charge in [0.2, 0.25) is 0 Å². The first-order valence-electron chi connectivity index (χ1n) is 4.09. The van der Waals surface area contributed by atoms with Crippen LogP contribution in [0.4, 0.5) is 0 Å². The molecule has 1 heterocycles. The first kappa shape index (κ1) is 10.2. The summed E-state index contributed by atoms with van der Waals surface area (Å²) in [5.74, 6) is 0.877. The minimum atomic E-state index is 0.877. The zero-order chi connectivity index (χ0) is 10.1. The van der Waals surface area contributed by atoms with E-state index in [1.165, 1.54) is 9.60 Å². The molecule has 0 bridgehead atoms. The van der Waals surface area contributed by atoms with E-state index in [2.05, 4.69) is 36.4 Å². The summed E-state index contributed by atoms with van der Waals surface area (Å²) in [7, 11) is 1.69. The van der Waals surface area contributed by atoms with Crippen LogP contribution in [0.15, 0.2) is 27.3 Å². The van der Waals surface area contributed by atoms with Gasteiger partial charge in [-0.15, -0.1) is 35.7 Å². The van der Waals surface area contributed by atoms with Crippen molar-refractivity contribution in [3.8, 4) is 5.75 Å². The molecule has 1 aromatic carbocycles. The van der Waals surface area contributed by atoms with Crippen molar-refractivity contribution >= 4 is 45.8 Å². The summed E-state index contributed by atoms with van der Waals surface area (Å²) in [4.78, 5) is 2.17. The second-order valence-electron chi connectivity index (χ2n) is 2.79. The van der Waals surface area contributed by atoms with Crippen LogP contribution in [0.1, 0.15) is 0 Å². The molecule has 0 atom stereocenters. The van der Waals surface area contributed by atoms with E-state index in [1.54, 1.807) is 30.2 Å². The third-order valence-electron chi connectivity index (χ3n) is 2.06.